The Labute approximate surface area is 121 Å². The Morgan fingerprint density at radius 2 is 2.25 bits per heavy atom. The van der Waals surface area contributed by atoms with E-state index in [9.17, 15) is 4.79 Å². The number of aromatic carboxylic acids is 1. The number of benzene rings is 1. The summed E-state index contributed by atoms with van der Waals surface area (Å²) in [6.07, 6.45) is 0. The van der Waals surface area contributed by atoms with Crippen LogP contribution in [0.4, 0.5) is 0 Å². The molecule has 6 heteroatoms. The summed E-state index contributed by atoms with van der Waals surface area (Å²) in [4.78, 5) is 15.2. The molecule has 20 heavy (non-hydrogen) atoms. The summed E-state index contributed by atoms with van der Waals surface area (Å²) in [5.41, 5.74) is 0.828. The second-order valence-electron chi connectivity index (χ2n) is 4.81. The average molecular weight is 292 g/mol. The average Bonchev–Trinajstić information content (AvgIpc) is 2.87. The third kappa shape index (κ3) is 3.84. The molecule has 2 rings (SSSR count). The minimum Gasteiger partial charge on any atom is -0.478 e. The van der Waals surface area contributed by atoms with Gasteiger partial charge in [0, 0.05) is 5.56 Å². The maximum atomic E-state index is 10.9. The number of carboxylic acids is 1. The van der Waals surface area contributed by atoms with Gasteiger partial charge < -0.3 is 9.63 Å². The van der Waals surface area contributed by atoms with Crippen LogP contribution < -0.4 is 0 Å². The van der Waals surface area contributed by atoms with Gasteiger partial charge in [-0.15, -0.1) is 0 Å². The van der Waals surface area contributed by atoms with Crippen molar-refractivity contribution in [3.8, 4) is 11.5 Å². The lowest BCUT2D eigenvalue weighted by Gasteiger charge is -2.00. The molecule has 2 aromatic rings. The van der Waals surface area contributed by atoms with Gasteiger partial charge in [0.25, 0.3) is 5.89 Å². The molecule has 1 heterocycles. The van der Waals surface area contributed by atoms with Gasteiger partial charge in [-0.05, 0) is 29.9 Å². The number of hydrogen-bond donors (Lipinski definition) is 1. The van der Waals surface area contributed by atoms with Crippen LogP contribution in [0.25, 0.3) is 11.5 Å². The van der Waals surface area contributed by atoms with Gasteiger partial charge in [-0.2, -0.15) is 16.7 Å². The monoisotopic (exact) mass is 292 g/mol. The van der Waals surface area contributed by atoms with Crippen LogP contribution >= 0.6 is 11.8 Å². The zero-order chi connectivity index (χ0) is 14.5. The van der Waals surface area contributed by atoms with Crippen LogP contribution in [0.5, 0.6) is 0 Å². The summed E-state index contributed by atoms with van der Waals surface area (Å²) >= 11 is 1.75. The molecule has 0 unspecified atom stereocenters. The molecule has 0 aliphatic rings. The van der Waals surface area contributed by atoms with Crippen molar-refractivity contribution < 1.29 is 14.4 Å². The second-order valence-corrected chi connectivity index (χ2v) is 5.84. The van der Waals surface area contributed by atoms with Crippen molar-refractivity contribution >= 4 is 17.7 Å². The van der Waals surface area contributed by atoms with E-state index in [4.69, 9.17) is 9.63 Å². The molecule has 1 N–H and O–H groups in total. The molecule has 106 valence electrons. The van der Waals surface area contributed by atoms with Crippen LogP contribution in [0, 0.1) is 5.92 Å². The van der Waals surface area contributed by atoms with Crippen molar-refractivity contribution in [2.75, 3.05) is 5.75 Å². The lowest BCUT2D eigenvalue weighted by atomic mass is 10.1. The molecular weight excluding hydrogens is 276 g/mol. The van der Waals surface area contributed by atoms with Crippen molar-refractivity contribution in [2.24, 2.45) is 5.92 Å². The first-order valence-corrected chi connectivity index (χ1v) is 7.46. The Bertz CT molecular complexity index is 596. The van der Waals surface area contributed by atoms with Crippen LogP contribution in [0.15, 0.2) is 28.8 Å². The molecule has 0 amide bonds. The van der Waals surface area contributed by atoms with Gasteiger partial charge in [0.15, 0.2) is 5.82 Å². The molecule has 0 bridgehead atoms. The highest BCUT2D eigenvalue weighted by Crippen LogP contribution is 2.20. The molecule has 0 aliphatic carbocycles. The summed E-state index contributed by atoms with van der Waals surface area (Å²) in [6, 6.07) is 6.48. The first-order chi connectivity index (χ1) is 9.56. The number of rotatable bonds is 6. The van der Waals surface area contributed by atoms with Gasteiger partial charge >= 0.3 is 5.97 Å². The Balaban J connectivity index is 2.08. The maximum absolute atomic E-state index is 10.9. The van der Waals surface area contributed by atoms with E-state index in [1.807, 2.05) is 0 Å². The highest BCUT2D eigenvalue weighted by atomic mass is 32.2. The Morgan fingerprint density at radius 1 is 1.45 bits per heavy atom. The zero-order valence-corrected chi connectivity index (χ0v) is 12.2. The molecule has 0 radical (unpaired) electrons. The number of nitrogens with zero attached hydrogens (tertiary/aromatic N) is 2. The van der Waals surface area contributed by atoms with Crippen molar-refractivity contribution in [1.82, 2.24) is 10.1 Å². The number of carboxylic acid groups (broad SMARTS) is 1. The van der Waals surface area contributed by atoms with Crippen LogP contribution in [0.3, 0.4) is 0 Å². The summed E-state index contributed by atoms with van der Waals surface area (Å²) in [7, 11) is 0. The van der Waals surface area contributed by atoms with Crippen molar-refractivity contribution in [1.29, 1.82) is 0 Å². The standard InChI is InChI=1S/C14H16N2O3S/c1-9(2)7-20-8-12-15-13(19-16-12)10-4-3-5-11(6-10)14(17)18/h3-6,9H,7-8H2,1-2H3,(H,17,18). The van der Waals surface area contributed by atoms with Crippen LogP contribution in [0.2, 0.25) is 0 Å². The smallest absolute Gasteiger partial charge is 0.335 e. The molecular formula is C14H16N2O3S. The largest absolute Gasteiger partial charge is 0.478 e. The molecule has 1 aromatic carbocycles. The van der Waals surface area contributed by atoms with Crippen LogP contribution in [-0.2, 0) is 5.75 Å². The highest BCUT2D eigenvalue weighted by Gasteiger charge is 2.11. The zero-order valence-electron chi connectivity index (χ0n) is 11.4. The molecule has 0 aliphatic heterocycles. The topological polar surface area (TPSA) is 76.2 Å². The summed E-state index contributed by atoms with van der Waals surface area (Å²) < 4.78 is 5.18. The number of thioether (sulfide) groups is 1. The fraction of sp³-hybridized carbons (Fsp3) is 0.357. The number of aromatic nitrogens is 2. The van der Waals surface area contributed by atoms with E-state index in [1.165, 1.54) is 12.1 Å². The maximum Gasteiger partial charge on any atom is 0.335 e. The lowest BCUT2D eigenvalue weighted by Crippen LogP contribution is -1.95. The van der Waals surface area contributed by atoms with E-state index in [-0.39, 0.29) is 5.56 Å². The van der Waals surface area contributed by atoms with Gasteiger partial charge in [0.2, 0.25) is 0 Å². The molecule has 5 nitrogen and oxygen atoms in total. The molecule has 0 saturated carbocycles. The summed E-state index contributed by atoms with van der Waals surface area (Å²) in [6.45, 7) is 4.32. The van der Waals surface area contributed by atoms with Crippen LogP contribution in [-0.4, -0.2) is 27.0 Å². The van der Waals surface area contributed by atoms with Crippen molar-refractivity contribution in [3.63, 3.8) is 0 Å². The Kier molecular flexibility index (Phi) is 4.79. The molecule has 0 fully saturated rings. The number of carbonyl (C=O) groups is 1. The summed E-state index contributed by atoms with van der Waals surface area (Å²) in [5, 5.41) is 12.9. The highest BCUT2D eigenvalue weighted by molar-refractivity contribution is 7.98. The van der Waals surface area contributed by atoms with E-state index in [0.717, 1.165) is 5.75 Å². The van der Waals surface area contributed by atoms with Gasteiger partial charge in [-0.1, -0.05) is 25.1 Å². The molecule has 0 saturated heterocycles. The van der Waals surface area contributed by atoms with E-state index >= 15 is 0 Å². The first-order valence-electron chi connectivity index (χ1n) is 6.30. The SMILES string of the molecule is CC(C)CSCc1noc(-c2cccc(C(=O)O)c2)n1. The minimum atomic E-state index is -0.973. The Morgan fingerprint density at radius 3 is 2.95 bits per heavy atom. The van der Waals surface area contributed by atoms with E-state index in [2.05, 4.69) is 24.0 Å². The molecule has 0 spiro atoms. The van der Waals surface area contributed by atoms with Gasteiger partial charge in [0.1, 0.15) is 0 Å². The Hall–Kier alpha value is -1.82. The fourth-order valence-electron chi connectivity index (χ4n) is 1.60. The number of hydrogen-bond acceptors (Lipinski definition) is 5. The van der Waals surface area contributed by atoms with E-state index in [0.29, 0.717) is 28.9 Å². The molecule has 1 aromatic heterocycles. The van der Waals surface area contributed by atoms with Crippen LogP contribution in [0.1, 0.15) is 30.0 Å². The second kappa shape index (κ2) is 6.56. The van der Waals surface area contributed by atoms with E-state index < -0.39 is 5.97 Å². The van der Waals surface area contributed by atoms with Crippen molar-refractivity contribution in [3.05, 3.63) is 35.7 Å². The minimum absolute atomic E-state index is 0.205. The van der Waals surface area contributed by atoms with Gasteiger partial charge in [-0.25, -0.2) is 4.79 Å². The lowest BCUT2D eigenvalue weighted by molar-refractivity contribution is 0.0697. The van der Waals surface area contributed by atoms with Gasteiger partial charge in [0.05, 0.1) is 11.3 Å². The fourth-order valence-corrected chi connectivity index (χ4v) is 2.49. The normalized spacial score (nSPS) is 10.9. The van der Waals surface area contributed by atoms with Crippen molar-refractivity contribution in [2.45, 2.75) is 19.6 Å². The molecule has 0 atom stereocenters. The van der Waals surface area contributed by atoms with E-state index in [1.54, 1.807) is 23.9 Å². The first kappa shape index (κ1) is 14.6. The quantitative estimate of drug-likeness (QED) is 0.880. The third-order valence-corrected chi connectivity index (χ3v) is 3.87. The van der Waals surface area contributed by atoms with Gasteiger partial charge in [-0.3, -0.25) is 0 Å². The summed E-state index contributed by atoms with van der Waals surface area (Å²) in [5.74, 6) is 2.37. The predicted octanol–water partition coefficient (Wildman–Crippen LogP) is 3.32. The third-order valence-electron chi connectivity index (χ3n) is 2.51. The predicted molar refractivity (Wildman–Crippen MR) is 77.7 cm³/mol.